The Morgan fingerprint density at radius 1 is 0.925 bits per heavy atom. The maximum absolute atomic E-state index is 13.6. The average molecular weight is 584 g/mol. The molecule has 0 bridgehead atoms. The van der Waals surface area contributed by atoms with E-state index >= 15 is 0 Å². The molecule has 40 heavy (non-hydrogen) atoms. The number of nitrogens with zero attached hydrogens (tertiary/aromatic N) is 1. The Balaban J connectivity index is 1.65. The zero-order valence-electron chi connectivity index (χ0n) is 25.2. The first kappa shape index (κ1) is 32.6. The minimum atomic E-state index is -0.635. The van der Waals surface area contributed by atoms with Crippen LogP contribution in [0.2, 0.25) is 0 Å². The highest BCUT2D eigenvalue weighted by Crippen LogP contribution is 2.36. The highest BCUT2D eigenvalue weighted by molar-refractivity contribution is 8.17. The molecule has 1 fully saturated rings. The van der Waals surface area contributed by atoms with Crippen LogP contribution in [-0.2, 0) is 16.0 Å². The van der Waals surface area contributed by atoms with E-state index in [2.05, 4.69) is 85.9 Å². The van der Waals surface area contributed by atoms with Crippen LogP contribution in [0.5, 0.6) is 0 Å². The molecular weight excluding hydrogens is 535 g/mol. The van der Waals surface area contributed by atoms with Crippen molar-refractivity contribution in [1.82, 2.24) is 4.90 Å². The van der Waals surface area contributed by atoms with Gasteiger partial charge in [-0.25, -0.2) is 9.69 Å². The lowest BCUT2D eigenvalue weighted by Gasteiger charge is -2.27. The van der Waals surface area contributed by atoms with Gasteiger partial charge in [0.1, 0.15) is 5.60 Å². The van der Waals surface area contributed by atoms with E-state index < -0.39 is 11.7 Å². The van der Waals surface area contributed by atoms with Crippen molar-refractivity contribution in [2.24, 2.45) is 5.92 Å². The Morgan fingerprint density at radius 2 is 1.52 bits per heavy atom. The Bertz CT molecular complexity index is 1030. The zero-order chi connectivity index (χ0) is 29.0. The van der Waals surface area contributed by atoms with E-state index in [1.54, 1.807) is 0 Å². The monoisotopic (exact) mass is 583 g/mol. The summed E-state index contributed by atoms with van der Waals surface area (Å²) in [6, 6.07) is 18.9. The van der Waals surface area contributed by atoms with Crippen molar-refractivity contribution >= 4 is 35.5 Å². The molecule has 2 aromatic carbocycles. The number of ether oxygens (including phenoxy) is 1. The maximum Gasteiger partial charge on any atom is 0.417 e. The lowest BCUT2D eigenvalue weighted by Crippen LogP contribution is -2.43. The summed E-state index contributed by atoms with van der Waals surface area (Å²) in [7, 11) is 0. The number of aryl methyl sites for hydroxylation is 1. The normalized spacial score (nSPS) is 17.6. The van der Waals surface area contributed by atoms with Gasteiger partial charge in [0.2, 0.25) is 5.91 Å². The van der Waals surface area contributed by atoms with Gasteiger partial charge in [-0.05, 0) is 93.9 Å². The minimum Gasteiger partial charge on any atom is -0.443 e. The highest BCUT2D eigenvalue weighted by Gasteiger charge is 2.44. The fourth-order valence-corrected chi connectivity index (χ4v) is 8.05. The zero-order valence-corrected chi connectivity index (χ0v) is 26.8. The third-order valence-corrected chi connectivity index (χ3v) is 10.4. The molecule has 2 atom stereocenters. The van der Waals surface area contributed by atoms with Crippen molar-refractivity contribution in [1.29, 1.82) is 0 Å². The molecule has 1 heterocycles. The molecule has 0 spiro atoms. The predicted octanol–water partition coefficient (Wildman–Crippen LogP) is 9.61. The number of carbonyl (C=O) groups excluding carboxylic acids is 2. The number of imide groups is 1. The van der Waals surface area contributed by atoms with Crippen LogP contribution >= 0.6 is 23.5 Å². The van der Waals surface area contributed by atoms with Crippen LogP contribution in [0.15, 0.2) is 54.6 Å². The van der Waals surface area contributed by atoms with Crippen LogP contribution in [0.25, 0.3) is 11.1 Å². The van der Waals surface area contributed by atoms with Crippen LogP contribution in [-0.4, -0.2) is 44.6 Å². The second kappa shape index (κ2) is 16.5. The van der Waals surface area contributed by atoms with Gasteiger partial charge in [0.15, 0.2) is 0 Å². The second-order valence-electron chi connectivity index (χ2n) is 11.8. The number of amides is 2. The molecule has 0 radical (unpaired) electrons. The molecule has 3 rings (SSSR count). The molecule has 0 N–H and O–H groups in total. The summed E-state index contributed by atoms with van der Waals surface area (Å²) in [4.78, 5) is 28.3. The lowest BCUT2D eigenvalue weighted by atomic mass is 9.96. The minimum absolute atomic E-state index is 0.0467. The third-order valence-electron chi connectivity index (χ3n) is 7.28. The van der Waals surface area contributed by atoms with Crippen molar-refractivity contribution < 1.29 is 14.3 Å². The van der Waals surface area contributed by atoms with Gasteiger partial charge < -0.3 is 4.74 Å². The van der Waals surface area contributed by atoms with E-state index in [9.17, 15) is 9.59 Å². The number of hydrogen-bond donors (Lipinski definition) is 0. The molecular formula is C34H49NO3S2. The van der Waals surface area contributed by atoms with Gasteiger partial charge >= 0.3 is 6.09 Å². The molecule has 4 nitrogen and oxygen atoms in total. The fraction of sp³-hybridized carbons (Fsp3) is 0.588. The molecule has 6 heteroatoms. The summed E-state index contributed by atoms with van der Waals surface area (Å²) in [5.74, 6) is 2.19. The van der Waals surface area contributed by atoms with Gasteiger partial charge in [0.05, 0.1) is 4.58 Å². The van der Waals surface area contributed by atoms with Crippen molar-refractivity contribution in [2.75, 3.05) is 11.5 Å². The molecule has 0 saturated carbocycles. The Labute approximate surface area is 251 Å². The Hall–Kier alpha value is -1.92. The SMILES string of the molecule is CCCCSC(CCC1C[C@@H](CCc2ccc(-c3ccccc3)cc2)N(C(=O)OC(C)(C)C)C1=O)SCCCC. The summed E-state index contributed by atoms with van der Waals surface area (Å²) in [5.41, 5.74) is 2.98. The molecule has 1 saturated heterocycles. The van der Waals surface area contributed by atoms with Crippen molar-refractivity contribution in [3.8, 4) is 11.1 Å². The van der Waals surface area contributed by atoms with E-state index in [-0.39, 0.29) is 17.9 Å². The average Bonchev–Trinajstić information content (AvgIpc) is 3.25. The second-order valence-corrected chi connectivity index (χ2v) is 14.8. The first-order valence-corrected chi connectivity index (χ1v) is 17.2. The maximum atomic E-state index is 13.6. The van der Waals surface area contributed by atoms with Crippen molar-refractivity contribution in [3.05, 3.63) is 60.2 Å². The largest absolute Gasteiger partial charge is 0.443 e. The molecule has 1 aliphatic heterocycles. The molecule has 1 aliphatic rings. The van der Waals surface area contributed by atoms with Crippen LogP contribution in [0.3, 0.4) is 0 Å². The number of benzene rings is 2. The first-order valence-electron chi connectivity index (χ1n) is 15.2. The topological polar surface area (TPSA) is 46.6 Å². The van der Waals surface area contributed by atoms with Gasteiger partial charge in [-0.1, -0.05) is 81.3 Å². The highest BCUT2D eigenvalue weighted by atomic mass is 32.2. The molecule has 0 aliphatic carbocycles. The van der Waals surface area contributed by atoms with Gasteiger partial charge in [0, 0.05) is 12.0 Å². The number of hydrogen-bond acceptors (Lipinski definition) is 5. The third kappa shape index (κ3) is 10.5. The van der Waals surface area contributed by atoms with E-state index in [1.165, 1.54) is 58.8 Å². The molecule has 220 valence electrons. The number of carbonyl (C=O) groups is 2. The van der Waals surface area contributed by atoms with E-state index in [1.807, 2.05) is 26.8 Å². The van der Waals surface area contributed by atoms with E-state index in [4.69, 9.17) is 4.74 Å². The van der Waals surface area contributed by atoms with Crippen LogP contribution in [0.4, 0.5) is 4.79 Å². The van der Waals surface area contributed by atoms with E-state index in [0.717, 1.165) is 32.1 Å². The number of thioether (sulfide) groups is 2. The fourth-order valence-electron chi connectivity index (χ4n) is 5.05. The van der Waals surface area contributed by atoms with Crippen LogP contribution < -0.4 is 0 Å². The quantitative estimate of drug-likeness (QED) is 0.154. The summed E-state index contributed by atoms with van der Waals surface area (Å²) in [6.07, 6.45) is 8.55. The summed E-state index contributed by atoms with van der Waals surface area (Å²) in [6.45, 7) is 10.0. The summed E-state index contributed by atoms with van der Waals surface area (Å²) in [5, 5.41) is 0. The number of unbranched alkanes of at least 4 members (excludes halogenated alkanes) is 2. The molecule has 2 aromatic rings. The summed E-state index contributed by atoms with van der Waals surface area (Å²) >= 11 is 4.10. The van der Waals surface area contributed by atoms with Crippen molar-refractivity contribution in [2.45, 2.75) is 109 Å². The predicted molar refractivity (Wildman–Crippen MR) is 173 cm³/mol. The Morgan fingerprint density at radius 3 is 2.10 bits per heavy atom. The lowest BCUT2D eigenvalue weighted by molar-refractivity contribution is -0.131. The first-order chi connectivity index (χ1) is 19.2. The van der Waals surface area contributed by atoms with E-state index in [0.29, 0.717) is 4.58 Å². The number of rotatable bonds is 15. The standard InChI is InChI=1S/C34H49NO3S2/c1-6-8-23-39-31(40-24-9-7-2)22-20-29-25-30(35(32(29)36)33(37)38-34(3,4)5)21-17-26-15-18-28(19-16-26)27-13-11-10-12-14-27/h10-16,18-19,29-31H,6-9,17,20-25H2,1-5H3/t29?,30-/m1/s1. The smallest absolute Gasteiger partial charge is 0.417 e. The van der Waals surface area contributed by atoms with Gasteiger partial charge in [0.25, 0.3) is 0 Å². The summed E-state index contributed by atoms with van der Waals surface area (Å²) < 4.78 is 6.22. The molecule has 2 amide bonds. The van der Waals surface area contributed by atoms with Crippen molar-refractivity contribution in [3.63, 3.8) is 0 Å². The Kier molecular flexibility index (Phi) is 13.4. The van der Waals surface area contributed by atoms with Gasteiger partial charge in [-0.15, -0.1) is 23.5 Å². The number of likely N-dealkylation sites (tertiary alicyclic amines) is 1. The van der Waals surface area contributed by atoms with Crippen LogP contribution in [0.1, 0.15) is 91.5 Å². The molecule has 0 aromatic heterocycles. The van der Waals surface area contributed by atoms with Crippen LogP contribution in [0, 0.1) is 5.92 Å². The molecule has 1 unspecified atom stereocenters. The van der Waals surface area contributed by atoms with Gasteiger partial charge in [-0.3, -0.25) is 4.79 Å². The van der Waals surface area contributed by atoms with Gasteiger partial charge in [-0.2, -0.15) is 0 Å².